The van der Waals surface area contributed by atoms with E-state index in [-0.39, 0.29) is 25.0 Å². The van der Waals surface area contributed by atoms with Crippen LogP contribution in [0, 0.1) is 23.7 Å². The SMILES string of the molecule is CC[C@H]1OC(=O)[C@H](C)[C@@H](O)[C@H](C)[C@@H](O[C@@H]2O[C@H](C)C[C@H](N(C)C)[C@H]2O)C(C)(O)C[C@@H](C)[C@H](O)[C@H](C)[C@@H](O)[C@]1(C)O. The lowest BCUT2D eigenvalue weighted by molar-refractivity contribution is -0.300. The standard InChI is InChI=1S/C29H55NO10/c1-11-20-29(8,37)24(34)16(4)21(31)14(2)13-28(7,36)25(17(5)22(32)18(6)26(35)39-20)40-27-23(33)19(30(9)10)12-15(3)38-27/h14-25,27,31-34,36-37H,11-13H2,1-10H3/t14-,15-,16+,17+,18-,19+,20-,21+,22+,23-,24-,25-,27+,28?,29-/m1/s1. The first-order valence-corrected chi connectivity index (χ1v) is 14.6. The normalized spacial score (nSPS) is 50.3. The summed E-state index contributed by atoms with van der Waals surface area (Å²) in [7, 11) is 3.69. The van der Waals surface area contributed by atoms with Gasteiger partial charge in [0.25, 0.3) is 0 Å². The molecule has 0 aliphatic carbocycles. The molecule has 15 atom stereocenters. The smallest absolute Gasteiger partial charge is 0.311 e. The van der Waals surface area contributed by atoms with E-state index in [2.05, 4.69) is 0 Å². The molecule has 2 aliphatic heterocycles. The first-order valence-electron chi connectivity index (χ1n) is 14.6. The number of hydrogen-bond donors (Lipinski definition) is 6. The first kappa shape index (κ1) is 35.3. The van der Waals surface area contributed by atoms with Gasteiger partial charge in [-0.25, -0.2) is 0 Å². The van der Waals surface area contributed by atoms with E-state index in [0.29, 0.717) is 6.42 Å². The van der Waals surface area contributed by atoms with E-state index in [0.717, 1.165) is 0 Å². The zero-order chi connectivity index (χ0) is 30.9. The Labute approximate surface area is 239 Å². The molecule has 11 nitrogen and oxygen atoms in total. The number of carbonyl (C=O) groups excluding carboxylic acids is 1. The molecule has 2 fully saturated rings. The Morgan fingerprint density at radius 1 is 0.950 bits per heavy atom. The Hall–Kier alpha value is -0.890. The number of carbonyl (C=O) groups is 1. The van der Waals surface area contributed by atoms with Gasteiger partial charge in [-0.15, -0.1) is 0 Å². The number of aliphatic hydroxyl groups is 6. The molecule has 0 saturated carbocycles. The summed E-state index contributed by atoms with van der Waals surface area (Å²) in [5.41, 5.74) is -3.56. The third kappa shape index (κ3) is 7.54. The number of likely N-dealkylation sites (N-methyl/N-ethyl adjacent to an activating group) is 1. The van der Waals surface area contributed by atoms with E-state index >= 15 is 0 Å². The van der Waals surface area contributed by atoms with Gasteiger partial charge >= 0.3 is 5.97 Å². The van der Waals surface area contributed by atoms with Crippen LogP contribution in [-0.2, 0) is 19.0 Å². The van der Waals surface area contributed by atoms with Gasteiger partial charge in [-0.3, -0.25) is 4.79 Å². The maximum atomic E-state index is 13.2. The molecule has 0 aromatic carbocycles. The highest BCUT2D eigenvalue weighted by Gasteiger charge is 2.51. The molecule has 2 saturated heterocycles. The number of esters is 1. The van der Waals surface area contributed by atoms with Crippen molar-refractivity contribution in [3.8, 4) is 0 Å². The molecule has 0 bridgehead atoms. The third-order valence-electron chi connectivity index (χ3n) is 9.31. The summed E-state index contributed by atoms with van der Waals surface area (Å²) < 4.78 is 17.9. The van der Waals surface area contributed by atoms with Gasteiger partial charge < -0.3 is 49.7 Å². The van der Waals surface area contributed by atoms with Gasteiger partial charge in [0.15, 0.2) is 6.29 Å². The second-order valence-corrected chi connectivity index (χ2v) is 13.2. The molecule has 0 aromatic rings. The number of nitrogens with zero attached hydrogens (tertiary/aromatic N) is 1. The fraction of sp³-hybridized carbons (Fsp3) is 0.966. The fourth-order valence-corrected chi connectivity index (χ4v) is 6.59. The molecule has 236 valence electrons. The average Bonchev–Trinajstić information content (AvgIpc) is 2.87. The third-order valence-corrected chi connectivity index (χ3v) is 9.31. The zero-order valence-corrected chi connectivity index (χ0v) is 25.9. The molecule has 11 heteroatoms. The molecule has 40 heavy (non-hydrogen) atoms. The highest BCUT2D eigenvalue weighted by Crippen LogP contribution is 2.38. The Morgan fingerprint density at radius 2 is 1.52 bits per heavy atom. The number of rotatable bonds is 4. The van der Waals surface area contributed by atoms with Crippen molar-refractivity contribution >= 4 is 5.97 Å². The van der Waals surface area contributed by atoms with E-state index in [1.165, 1.54) is 20.8 Å². The highest BCUT2D eigenvalue weighted by atomic mass is 16.7. The lowest BCUT2D eigenvalue weighted by Crippen LogP contribution is -2.60. The second-order valence-electron chi connectivity index (χ2n) is 13.2. The first-order chi connectivity index (χ1) is 18.3. The molecule has 2 rings (SSSR count). The van der Waals surface area contributed by atoms with Gasteiger partial charge in [-0.05, 0) is 67.0 Å². The van der Waals surface area contributed by atoms with Crippen LogP contribution in [0.25, 0.3) is 0 Å². The maximum Gasteiger partial charge on any atom is 0.311 e. The summed E-state index contributed by atoms with van der Waals surface area (Å²) >= 11 is 0. The minimum Gasteiger partial charge on any atom is -0.459 e. The molecule has 0 spiro atoms. The summed E-state index contributed by atoms with van der Waals surface area (Å²) in [4.78, 5) is 15.1. The summed E-state index contributed by atoms with van der Waals surface area (Å²) in [6.07, 6.45) is -7.86. The van der Waals surface area contributed by atoms with E-state index in [1.807, 2.05) is 25.9 Å². The van der Waals surface area contributed by atoms with Crippen molar-refractivity contribution in [2.45, 2.75) is 141 Å². The van der Waals surface area contributed by atoms with Crippen LogP contribution < -0.4 is 0 Å². The zero-order valence-electron chi connectivity index (χ0n) is 25.9. The van der Waals surface area contributed by atoms with Crippen LogP contribution in [0.15, 0.2) is 0 Å². The predicted molar refractivity (Wildman–Crippen MR) is 148 cm³/mol. The van der Waals surface area contributed by atoms with Crippen molar-refractivity contribution in [3.63, 3.8) is 0 Å². The van der Waals surface area contributed by atoms with Crippen molar-refractivity contribution in [1.82, 2.24) is 4.90 Å². The highest BCUT2D eigenvalue weighted by molar-refractivity contribution is 5.73. The van der Waals surface area contributed by atoms with Gasteiger partial charge in [0.05, 0.1) is 42.0 Å². The fourth-order valence-electron chi connectivity index (χ4n) is 6.59. The van der Waals surface area contributed by atoms with E-state index < -0.39 is 83.8 Å². The largest absolute Gasteiger partial charge is 0.459 e. The van der Waals surface area contributed by atoms with Crippen LogP contribution >= 0.6 is 0 Å². The number of ether oxygens (including phenoxy) is 3. The molecule has 0 amide bonds. The minimum absolute atomic E-state index is 0.0133. The molecule has 6 N–H and O–H groups in total. The molecule has 0 radical (unpaired) electrons. The Kier molecular flexibility index (Phi) is 12.0. The molecular formula is C29H55NO10. The number of aliphatic hydroxyl groups excluding tert-OH is 4. The van der Waals surface area contributed by atoms with Gasteiger partial charge in [-0.1, -0.05) is 27.7 Å². The van der Waals surface area contributed by atoms with Crippen molar-refractivity contribution in [3.05, 3.63) is 0 Å². The lowest BCUT2D eigenvalue weighted by atomic mass is 9.73. The predicted octanol–water partition coefficient (Wildman–Crippen LogP) is 0.652. The number of hydrogen-bond acceptors (Lipinski definition) is 11. The molecular weight excluding hydrogens is 522 g/mol. The van der Waals surface area contributed by atoms with E-state index in [4.69, 9.17) is 14.2 Å². The lowest BCUT2D eigenvalue weighted by Gasteiger charge is -2.47. The van der Waals surface area contributed by atoms with Crippen LogP contribution in [0.3, 0.4) is 0 Å². The van der Waals surface area contributed by atoms with Gasteiger partial charge in [0.2, 0.25) is 0 Å². The summed E-state index contributed by atoms with van der Waals surface area (Å²) in [6.45, 7) is 12.9. The van der Waals surface area contributed by atoms with Crippen LogP contribution in [0.5, 0.6) is 0 Å². The summed E-state index contributed by atoms with van der Waals surface area (Å²) in [5.74, 6) is -4.14. The summed E-state index contributed by atoms with van der Waals surface area (Å²) in [6, 6.07) is -0.270. The van der Waals surface area contributed by atoms with Crippen molar-refractivity contribution in [1.29, 1.82) is 0 Å². The monoisotopic (exact) mass is 577 g/mol. The average molecular weight is 578 g/mol. The molecule has 1 unspecified atom stereocenters. The van der Waals surface area contributed by atoms with E-state index in [9.17, 15) is 35.4 Å². The van der Waals surface area contributed by atoms with Crippen molar-refractivity contribution in [2.24, 2.45) is 23.7 Å². The Balaban J connectivity index is 2.54. The van der Waals surface area contributed by atoms with Gasteiger partial charge in [0, 0.05) is 17.9 Å². The molecule has 0 aromatic heterocycles. The Morgan fingerprint density at radius 3 is 2.05 bits per heavy atom. The number of cyclic esters (lactones) is 1. The quantitative estimate of drug-likeness (QED) is 0.259. The maximum absolute atomic E-state index is 13.2. The Bertz CT molecular complexity index is 823. The summed E-state index contributed by atoms with van der Waals surface area (Å²) in [5, 5.41) is 67.8. The van der Waals surface area contributed by atoms with Crippen LogP contribution in [-0.4, -0.2) is 122 Å². The van der Waals surface area contributed by atoms with Crippen molar-refractivity contribution < 1.29 is 49.6 Å². The topological polar surface area (TPSA) is 169 Å². The molecule has 2 aliphatic rings. The van der Waals surface area contributed by atoms with Crippen LogP contribution in [0.1, 0.15) is 74.7 Å². The minimum atomic E-state index is -1.88. The molecule has 2 heterocycles. The van der Waals surface area contributed by atoms with Gasteiger partial charge in [-0.2, -0.15) is 0 Å². The van der Waals surface area contributed by atoms with Crippen molar-refractivity contribution in [2.75, 3.05) is 14.1 Å². The van der Waals surface area contributed by atoms with Crippen LogP contribution in [0.4, 0.5) is 0 Å². The van der Waals surface area contributed by atoms with E-state index in [1.54, 1.807) is 27.7 Å². The second kappa shape index (κ2) is 13.6. The van der Waals surface area contributed by atoms with Crippen LogP contribution in [0.2, 0.25) is 0 Å². The van der Waals surface area contributed by atoms with Gasteiger partial charge in [0.1, 0.15) is 17.8 Å².